The van der Waals surface area contributed by atoms with Gasteiger partial charge in [-0.2, -0.15) is 5.10 Å². The van der Waals surface area contributed by atoms with Crippen LogP contribution in [0.3, 0.4) is 0 Å². The van der Waals surface area contributed by atoms with Gasteiger partial charge in [0.15, 0.2) is 5.76 Å². The monoisotopic (exact) mass is 205 g/mol. The molecular weight excluding hydrogens is 190 g/mol. The highest BCUT2D eigenvalue weighted by molar-refractivity contribution is 5.60. The Labute approximate surface area is 88.7 Å². The molecule has 2 rings (SSSR count). The standard InChI is InChI=1S/C11H15N3O/c1-8-7-14(2)13-10(8)11-9(3-5-12)4-6-15-11/h4,6-7H,3,5,12H2,1-2H3. The molecule has 0 saturated carbocycles. The third-order valence-electron chi connectivity index (χ3n) is 2.39. The van der Waals surface area contributed by atoms with Gasteiger partial charge in [-0.25, -0.2) is 0 Å². The van der Waals surface area contributed by atoms with Crippen LogP contribution in [0.25, 0.3) is 11.5 Å². The summed E-state index contributed by atoms with van der Waals surface area (Å²) in [6.07, 6.45) is 4.49. The lowest BCUT2D eigenvalue weighted by Crippen LogP contribution is -2.02. The molecule has 0 unspecified atom stereocenters. The molecule has 0 aromatic carbocycles. The number of aromatic nitrogens is 2. The van der Waals surface area contributed by atoms with Crippen molar-refractivity contribution in [3.05, 3.63) is 29.7 Å². The SMILES string of the molecule is Cc1cn(C)nc1-c1occc1CCN. The number of rotatable bonds is 3. The van der Waals surface area contributed by atoms with Crippen LogP contribution in [0.1, 0.15) is 11.1 Å². The lowest BCUT2D eigenvalue weighted by atomic mass is 10.1. The lowest BCUT2D eigenvalue weighted by molar-refractivity contribution is 0.574. The Kier molecular flexibility index (Phi) is 2.60. The van der Waals surface area contributed by atoms with E-state index in [0.717, 1.165) is 29.0 Å². The van der Waals surface area contributed by atoms with E-state index in [-0.39, 0.29) is 0 Å². The molecule has 0 aliphatic rings. The summed E-state index contributed by atoms with van der Waals surface area (Å²) in [6, 6.07) is 1.95. The van der Waals surface area contributed by atoms with Gasteiger partial charge in [0.1, 0.15) is 5.69 Å². The van der Waals surface area contributed by atoms with E-state index in [0.29, 0.717) is 6.54 Å². The second kappa shape index (κ2) is 3.90. The molecule has 0 atom stereocenters. The molecule has 0 radical (unpaired) electrons. The zero-order chi connectivity index (χ0) is 10.8. The molecule has 4 heteroatoms. The van der Waals surface area contributed by atoms with Crippen LogP contribution in [-0.4, -0.2) is 16.3 Å². The van der Waals surface area contributed by atoms with Crippen LogP contribution >= 0.6 is 0 Å². The van der Waals surface area contributed by atoms with Crippen LogP contribution in [0.5, 0.6) is 0 Å². The minimum Gasteiger partial charge on any atom is -0.462 e. The highest BCUT2D eigenvalue weighted by Gasteiger charge is 2.13. The van der Waals surface area contributed by atoms with E-state index in [2.05, 4.69) is 5.10 Å². The zero-order valence-electron chi connectivity index (χ0n) is 9.03. The molecule has 0 fully saturated rings. The molecule has 0 amide bonds. The van der Waals surface area contributed by atoms with Crippen molar-refractivity contribution in [1.29, 1.82) is 0 Å². The van der Waals surface area contributed by atoms with E-state index in [1.807, 2.05) is 26.2 Å². The van der Waals surface area contributed by atoms with Crippen LogP contribution in [0.15, 0.2) is 22.9 Å². The Morgan fingerprint density at radius 3 is 2.93 bits per heavy atom. The first-order chi connectivity index (χ1) is 7.22. The van der Waals surface area contributed by atoms with Crippen molar-refractivity contribution >= 4 is 0 Å². The van der Waals surface area contributed by atoms with Crippen LogP contribution < -0.4 is 5.73 Å². The van der Waals surface area contributed by atoms with Gasteiger partial charge in [0.25, 0.3) is 0 Å². The van der Waals surface area contributed by atoms with E-state index >= 15 is 0 Å². The van der Waals surface area contributed by atoms with Gasteiger partial charge < -0.3 is 10.2 Å². The van der Waals surface area contributed by atoms with Crippen LogP contribution in [0.4, 0.5) is 0 Å². The molecule has 0 saturated heterocycles. The fourth-order valence-electron chi connectivity index (χ4n) is 1.73. The number of nitrogens with zero attached hydrogens (tertiary/aromatic N) is 2. The zero-order valence-corrected chi connectivity index (χ0v) is 9.03. The third kappa shape index (κ3) is 1.80. The summed E-state index contributed by atoms with van der Waals surface area (Å²) in [7, 11) is 1.90. The van der Waals surface area contributed by atoms with Crippen LogP contribution in [0.2, 0.25) is 0 Å². The molecule has 0 aliphatic carbocycles. The van der Waals surface area contributed by atoms with E-state index < -0.39 is 0 Å². The summed E-state index contributed by atoms with van der Waals surface area (Å²) >= 11 is 0. The molecule has 0 aliphatic heterocycles. The predicted molar refractivity (Wildman–Crippen MR) is 58.4 cm³/mol. The quantitative estimate of drug-likeness (QED) is 0.825. The van der Waals surface area contributed by atoms with Crippen molar-refractivity contribution < 1.29 is 4.42 Å². The van der Waals surface area contributed by atoms with Gasteiger partial charge in [0.05, 0.1) is 6.26 Å². The normalized spacial score (nSPS) is 10.9. The first kappa shape index (κ1) is 9.98. The third-order valence-corrected chi connectivity index (χ3v) is 2.39. The Hall–Kier alpha value is -1.55. The summed E-state index contributed by atoms with van der Waals surface area (Å²) in [5, 5.41) is 4.38. The molecule has 4 nitrogen and oxygen atoms in total. The van der Waals surface area contributed by atoms with Gasteiger partial charge in [-0.1, -0.05) is 0 Å². The van der Waals surface area contributed by atoms with Crippen molar-refractivity contribution in [2.45, 2.75) is 13.3 Å². The molecule has 2 aromatic rings. The average molecular weight is 205 g/mol. The minimum absolute atomic E-state index is 0.623. The van der Waals surface area contributed by atoms with Crippen molar-refractivity contribution in [3.8, 4) is 11.5 Å². The van der Waals surface area contributed by atoms with Gasteiger partial charge in [-0.3, -0.25) is 4.68 Å². The first-order valence-electron chi connectivity index (χ1n) is 4.99. The van der Waals surface area contributed by atoms with Gasteiger partial charge in [-0.15, -0.1) is 0 Å². The highest BCUT2D eigenvalue weighted by Crippen LogP contribution is 2.26. The van der Waals surface area contributed by atoms with Gasteiger partial charge in [0, 0.05) is 18.8 Å². The second-order valence-corrected chi connectivity index (χ2v) is 3.65. The highest BCUT2D eigenvalue weighted by atomic mass is 16.3. The maximum atomic E-state index is 5.54. The number of hydrogen-bond donors (Lipinski definition) is 1. The summed E-state index contributed by atoms with van der Waals surface area (Å²) in [5.74, 6) is 0.846. The molecule has 80 valence electrons. The lowest BCUT2D eigenvalue weighted by Gasteiger charge is -1.98. The van der Waals surface area contributed by atoms with E-state index in [4.69, 9.17) is 10.2 Å². The van der Waals surface area contributed by atoms with Crippen molar-refractivity contribution in [2.24, 2.45) is 12.8 Å². The Balaban J connectivity index is 2.44. The average Bonchev–Trinajstić information content (AvgIpc) is 2.73. The van der Waals surface area contributed by atoms with E-state index in [1.54, 1.807) is 10.9 Å². The molecule has 2 heterocycles. The first-order valence-corrected chi connectivity index (χ1v) is 4.99. The maximum Gasteiger partial charge on any atom is 0.157 e. The Morgan fingerprint density at radius 2 is 2.33 bits per heavy atom. The van der Waals surface area contributed by atoms with Crippen LogP contribution in [0, 0.1) is 6.92 Å². The smallest absolute Gasteiger partial charge is 0.157 e. The molecule has 2 N–H and O–H groups in total. The summed E-state index contributed by atoms with van der Waals surface area (Å²) in [6.45, 7) is 2.65. The second-order valence-electron chi connectivity index (χ2n) is 3.65. The van der Waals surface area contributed by atoms with E-state index in [9.17, 15) is 0 Å². The fraction of sp³-hybridized carbons (Fsp3) is 0.364. The molecular formula is C11H15N3O. The Morgan fingerprint density at radius 1 is 1.53 bits per heavy atom. The topological polar surface area (TPSA) is 57.0 Å². The summed E-state index contributed by atoms with van der Waals surface area (Å²) in [4.78, 5) is 0. The number of hydrogen-bond acceptors (Lipinski definition) is 3. The van der Waals surface area contributed by atoms with Crippen molar-refractivity contribution in [2.75, 3.05) is 6.54 Å². The van der Waals surface area contributed by atoms with Gasteiger partial charge >= 0.3 is 0 Å². The van der Waals surface area contributed by atoms with E-state index in [1.165, 1.54) is 0 Å². The maximum absolute atomic E-state index is 5.54. The summed E-state index contributed by atoms with van der Waals surface area (Å²) in [5.41, 5.74) is 8.69. The van der Waals surface area contributed by atoms with Gasteiger partial charge in [0.2, 0.25) is 0 Å². The van der Waals surface area contributed by atoms with Crippen molar-refractivity contribution in [1.82, 2.24) is 9.78 Å². The fourth-order valence-corrected chi connectivity index (χ4v) is 1.73. The minimum atomic E-state index is 0.623. The summed E-state index contributed by atoms with van der Waals surface area (Å²) < 4.78 is 7.26. The number of furan rings is 1. The molecule has 15 heavy (non-hydrogen) atoms. The predicted octanol–water partition coefficient (Wildman–Crippen LogP) is 1.49. The number of nitrogens with two attached hydrogens (primary N) is 1. The van der Waals surface area contributed by atoms with Crippen LogP contribution in [-0.2, 0) is 13.5 Å². The largest absolute Gasteiger partial charge is 0.462 e. The van der Waals surface area contributed by atoms with Crippen molar-refractivity contribution in [3.63, 3.8) is 0 Å². The number of aryl methyl sites for hydroxylation is 2. The Bertz CT molecular complexity index is 456. The molecule has 2 aromatic heterocycles. The molecule has 0 bridgehead atoms. The van der Waals surface area contributed by atoms with Gasteiger partial charge in [-0.05, 0) is 31.5 Å². The molecule has 0 spiro atoms.